The molecule has 0 aliphatic carbocycles. The molecule has 1 heterocycles. The Morgan fingerprint density at radius 1 is 1.29 bits per heavy atom. The molecule has 0 bridgehead atoms. The van der Waals surface area contributed by atoms with Gasteiger partial charge < -0.3 is 10.2 Å². The molecule has 0 unspecified atom stereocenters. The molecule has 3 rings (SSSR count). The summed E-state index contributed by atoms with van der Waals surface area (Å²) in [5.74, 6) is 0.160. The Bertz CT molecular complexity index is 781. The fourth-order valence-electron chi connectivity index (χ4n) is 2.62. The van der Waals surface area contributed by atoms with Gasteiger partial charge in [-0.1, -0.05) is 40.2 Å². The first kappa shape index (κ1) is 17.0. The summed E-state index contributed by atoms with van der Waals surface area (Å²) in [5, 5.41) is 2.96. The van der Waals surface area contributed by atoms with Gasteiger partial charge in [0.2, 0.25) is 11.8 Å². The monoisotopic (exact) mass is 404 g/mol. The third-order valence-corrected chi connectivity index (χ3v) is 5.38. The van der Waals surface area contributed by atoms with Crippen molar-refractivity contribution >= 4 is 45.2 Å². The highest BCUT2D eigenvalue weighted by Gasteiger charge is 2.26. The molecule has 1 atom stereocenters. The highest BCUT2D eigenvalue weighted by atomic mass is 79.9. The maximum atomic E-state index is 12.4. The van der Waals surface area contributed by atoms with Gasteiger partial charge in [0.25, 0.3) is 0 Å². The second-order valence-corrected chi connectivity index (χ2v) is 7.51. The van der Waals surface area contributed by atoms with Crippen LogP contribution in [-0.4, -0.2) is 24.1 Å². The van der Waals surface area contributed by atoms with E-state index in [0.717, 1.165) is 20.6 Å². The number of rotatable bonds is 4. The number of halogens is 1. The number of benzene rings is 2. The van der Waals surface area contributed by atoms with Gasteiger partial charge in [0.1, 0.15) is 6.54 Å². The Hall–Kier alpha value is -1.79. The minimum absolute atomic E-state index is 0.0365. The number of carbonyl (C=O) groups is 2. The van der Waals surface area contributed by atoms with Crippen LogP contribution >= 0.6 is 27.7 Å². The first-order valence-corrected chi connectivity index (χ1v) is 9.39. The summed E-state index contributed by atoms with van der Waals surface area (Å²) in [7, 11) is 0. The Morgan fingerprint density at radius 2 is 2.08 bits per heavy atom. The molecule has 1 aliphatic rings. The van der Waals surface area contributed by atoms with Crippen molar-refractivity contribution < 1.29 is 9.59 Å². The van der Waals surface area contributed by atoms with E-state index in [0.29, 0.717) is 5.75 Å². The van der Waals surface area contributed by atoms with Crippen LogP contribution in [-0.2, 0) is 9.59 Å². The number of nitrogens with one attached hydrogen (secondary N) is 1. The largest absolute Gasteiger partial charge is 0.348 e. The summed E-state index contributed by atoms with van der Waals surface area (Å²) in [6.45, 7) is 1.97. The number of fused-ring (bicyclic) bond motifs is 1. The Kier molecular flexibility index (Phi) is 5.26. The molecule has 0 fully saturated rings. The van der Waals surface area contributed by atoms with Crippen LogP contribution in [0.3, 0.4) is 0 Å². The summed E-state index contributed by atoms with van der Waals surface area (Å²) in [6, 6.07) is 15.4. The third kappa shape index (κ3) is 3.82. The fourth-order valence-corrected chi connectivity index (χ4v) is 3.97. The Balaban J connectivity index is 1.70. The lowest BCUT2D eigenvalue weighted by molar-refractivity contribution is -0.123. The average Bonchev–Trinajstić information content (AvgIpc) is 2.57. The van der Waals surface area contributed by atoms with Crippen LogP contribution < -0.4 is 10.2 Å². The minimum Gasteiger partial charge on any atom is -0.348 e. The summed E-state index contributed by atoms with van der Waals surface area (Å²) in [5.41, 5.74) is 1.82. The van der Waals surface area contributed by atoms with Crippen molar-refractivity contribution in [3.05, 3.63) is 58.6 Å². The smallest absolute Gasteiger partial charge is 0.240 e. The van der Waals surface area contributed by atoms with Gasteiger partial charge in [-0.15, -0.1) is 11.8 Å². The van der Waals surface area contributed by atoms with E-state index in [1.165, 1.54) is 11.8 Å². The van der Waals surface area contributed by atoms with Crippen LogP contribution in [0.1, 0.15) is 18.5 Å². The van der Waals surface area contributed by atoms with Gasteiger partial charge >= 0.3 is 0 Å². The van der Waals surface area contributed by atoms with Gasteiger partial charge in [0.15, 0.2) is 0 Å². The average molecular weight is 405 g/mol. The molecule has 0 radical (unpaired) electrons. The van der Waals surface area contributed by atoms with Crippen molar-refractivity contribution in [3.63, 3.8) is 0 Å². The number of amides is 2. The molecule has 24 heavy (non-hydrogen) atoms. The number of thioether (sulfide) groups is 1. The molecule has 6 heteroatoms. The molecule has 124 valence electrons. The summed E-state index contributed by atoms with van der Waals surface area (Å²) in [6.07, 6.45) is 0. The number of nitrogens with zero attached hydrogens (tertiary/aromatic N) is 1. The molecular formula is C18H17BrN2O2S. The maximum absolute atomic E-state index is 12.4. The topological polar surface area (TPSA) is 49.4 Å². The molecule has 2 aromatic carbocycles. The Labute approximate surface area is 153 Å². The van der Waals surface area contributed by atoms with E-state index in [4.69, 9.17) is 0 Å². The van der Waals surface area contributed by atoms with Crippen molar-refractivity contribution in [3.8, 4) is 0 Å². The molecule has 1 N–H and O–H groups in total. The fraction of sp³-hybridized carbons (Fsp3) is 0.222. The van der Waals surface area contributed by atoms with E-state index < -0.39 is 0 Å². The summed E-state index contributed by atoms with van der Waals surface area (Å²) >= 11 is 4.95. The molecule has 4 nitrogen and oxygen atoms in total. The lowest BCUT2D eigenvalue weighted by Crippen LogP contribution is -2.43. The quantitative estimate of drug-likeness (QED) is 0.843. The predicted molar refractivity (Wildman–Crippen MR) is 100 cm³/mol. The summed E-state index contributed by atoms with van der Waals surface area (Å²) < 4.78 is 0.971. The van der Waals surface area contributed by atoms with E-state index in [1.54, 1.807) is 4.90 Å². The molecule has 0 aromatic heterocycles. The van der Waals surface area contributed by atoms with E-state index in [9.17, 15) is 9.59 Å². The molecule has 0 saturated heterocycles. The first-order chi connectivity index (χ1) is 11.5. The van der Waals surface area contributed by atoms with E-state index >= 15 is 0 Å². The van der Waals surface area contributed by atoms with Crippen LogP contribution in [0, 0.1) is 0 Å². The maximum Gasteiger partial charge on any atom is 0.240 e. The van der Waals surface area contributed by atoms with Gasteiger partial charge in [-0.25, -0.2) is 0 Å². The molecule has 0 spiro atoms. The zero-order valence-electron chi connectivity index (χ0n) is 13.2. The molecule has 2 aromatic rings. The van der Waals surface area contributed by atoms with Crippen molar-refractivity contribution in [2.75, 3.05) is 17.2 Å². The van der Waals surface area contributed by atoms with Crippen molar-refractivity contribution in [2.45, 2.75) is 17.9 Å². The summed E-state index contributed by atoms with van der Waals surface area (Å²) in [4.78, 5) is 27.2. The van der Waals surface area contributed by atoms with Crippen molar-refractivity contribution in [1.29, 1.82) is 0 Å². The standard InChI is InChI=1S/C18H17BrN2O2S/c1-12(13-5-4-6-14(19)9-13)20-17(22)10-21-15-7-2-3-8-16(15)24-11-18(21)23/h2-9,12H,10-11H2,1H3,(H,20,22)/t12-/m1/s1. The second kappa shape index (κ2) is 7.40. The molecular weight excluding hydrogens is 388 g/mol. The van der Waals surface area contributed by atoms with Gasteiger partial charge in [-0.05, 0) is 36.8 Å². The number of carbonyl (C=O) groups excluding carboxylic acids is 2. The van der Waals surface area contributed by atoms with Gasteiger partial charge in [0, 0.05) is 9.37 Å². The lowest BCUT2D eigenvalue weighted by atomic mass is 10.1. The lowest BCUT2D eigenvalue weighted by Gasteiger charge is -2.28. The third-order valence-electron chi connectivity index (χ3n) is 3.84. The number of para-hydroxylation sites is 1. The van der Waals surface area contributed by atoms with Crippen LogP contribution in [0.4, 0.5) is 5.69 Å². The molecule has 0 saturated carbocycles. The number of hydrogen-bond acceptors (Lipinski definition) is 3. The normalized spacial score (nSPS) is 14.9. The van der Waals surface area contributed by atoms with Crippen molar-refractivity contribution in [2.24, 2.45) is 0 Å². The van der Waals surface area contributed by atoms with Gasteiger partial charge in [0.05, 0.1) is 17.5 Å². The van der Waals surface area contributed by atoms with Crippen molar-refractivity contribution in [1.82, 2.24) is 5.32 Å². The predicted octanol–water partition coefficient (Wildman–Crippen LogP) is 3.77. The van der Waals surface area contributed by atoms with E-state index in [2.05, 4.69) is 21.2 Å². The number of anilines is 1. The van der Waals surface area contributed by atoms with Crippen LogP contribution in [0.15, 0.2) is 57.9 Å². The van der Waals surface area contributed by atoms with E-state index in [-0.39, 0.29) is 24.4 Å². The van der Waals surface area contributed by atoms with E-state index in [1.807, 2.05) is 55.5 Å². The second-order valence-electron chi connectivity index (χ2n) is 5.58. The first-order valence-electron chi connectivity index (χ1n) is 7.61. The van der Waals surface area contributed by atoms with Gasteiger partial charge in [-0.3, -0.25) is 9.59 Å². The van der Waals surface area contributed by atoms with Crippen LogP contribution in [0.5, 0.6) is 0 Å². The molecule has 1 aliphatic heterocycles. The number of hydrogen-bond donors (Lipinski definition) is 1. The highest BCUT2D eigenvalue weighted by molar-refractivity contribution is 9.10. The van der Waals surface area contributed by atoms with Crippen LogP contribution in [0.25, 0.3) is 0 Å². The Morgan fingerprint density at radius 3 is 2.88 bits per heavy atom. The zero-order chi connectivity index (χ0) is 17.1. The van der Waals surface area contributed by atoms with Crippen LogP contribution in [0.2, 0.25) is 0 Å². The minimum atomic E-state index is -0.169. The van der Waals surface area contributed by atoms with Gasteiger partial charge in [-0.2, -0.15) is 0 Å². The molecule has 2 amide bonds. The highest BCUT2D eigenvalue weighted by Crippen LogP contribution is 2.34. The zero-order valence-corrected chi connectivity index (χ0v) is 15.6. The SMILES string of the molecule is C[C@@H](NC(=O)CN1C(=O)CSc2ccccc21)c1cccc(Br)c1.